The van der Waals surface area contributed by atoms with E-state index in [4.69, 9.17) is 37.0 Å². The highest BCUT2D eigenvalue weighted by Crippen LogP contribution is 2.45. The molecule has 558 valence electrons. The van der Waals surface area contributed by atoms with Gasteiger partial charge >= 0.3 is 39.5 Å². The van der Waals surface area contributed by atoms with Crippen LogP contribution in [0.25, 0.3) is 0 Å². The second-order valence-corrected chi connectivity index (χ2v) is 30.4. The van der Waals surface area contributed by atoms with Gasteiger partial charge in [0.25, 0.3) is 0 Å². The first kappa shape index (κ1) is 92.1. The molecular weight excluding hydrogens is 1230 g/mol. The summed E-state index contributed by atoms with van der Waals surface area (Å²) in [5.74, 6) is -1.36. The van der Waals surface area contributed by atoms with E-state index in [1.54, 1.807) is 0 Å². The number of carbonyl (C=O) groups is 4. The van der Waals surface area contributed by atoms with Crippen LogP contribution in [0.1, 0.15) is 394 Å². The predicted molar refractivity (Wildman–Crippen MR) is 382 cm³/mol. The molecule has 94 heavy (non-hydrogen) atoms. The molecule has 0 saturated carbocycles. The summed E-state index contributed by atoms with van der Waals surface area (Å²) < 4.78 is 68.5. The number of phosphoric acid groups is 2. The maximum absolute atomic E-state index is 13.1. The normalized spacial score (nSPS) is 14.0. The Morgan fingerprint density at radius 1 is 0.287 bits per heavy atom. The van der Waals surface area contributed by atoms with Crippen molar-refractivity contribution in [2.75, 3.05) is 39.6 Å². The predicted octanol–water partition coefficient (Wildman–Crippen LogP) is 22.1. The summed E-state index contributed by atoms with van der Waals surface area (Å²) in [6.07, 6.45) is 56.8. The average molecular weight is 1380 g/mol. The molecule has 0 aliphatic heterocycles. The first-order valence-corrected chi connectivity index (χ1v) is 42.1. The maximum atomic E-state index is 13.1. The van der Waals surface area contributed by atoms with Crippen LogP contribution < -0.4 is 0 Å². The van der Waals surface area contributed by atoms with Crippen molar-refractivity contribution in [2.45, 2.75) is 412 Å². The van der Waals surface area contributed by atoms with Crippen LogP contribution in [0.5, 0.6) is 0 Å². The summed E-state index contributed by atoms with van der Waals surface area (Å²) in [7, 11) is -9.91. The molecule has 3 N–H and O–H groups in total. The summed E-state index contributed by atoms with van der Waals surface area (Å²) in [4.78, 5) is 72.7. The Morgan fingerprint density at radius 2 is 0.489 bits per heavy atom. The molecule has 0 amide bonds. The van der Waals surface area contributed by atoms with Crippen molar-refractivity contribution in [1.82, 2.24) is 0 Å². The van der Waals surface area contributed by atoms with Crippen LogP contribution in [-0.4, -0.2) is 96.7 Å². The van der Waals surface area contributed by atoms with Crippen molar-refractivity contribution in [3.63, 3.8) is 0 Å². The lowest BCUT2D eigenvalue weighted by molar-refractivity contribution is -0.161. The number of phosphoric ester groups is 2. The fraction of sp³-hybridized carbons (Fsp3) is 0.947. The molecule has 0 rings (SSSR count). The Bertz CT molecular complexity index is 1810. The Morgan fingerprint density at radius 3 is 0.723 bits per heavy atom. The number of aliphatic hydroxyl groups excluding tert-OH is 1. The molecular formula is C75H146O17P2. The number of carbonyl (C=O) groups excluding carboxylic acids is 4. The molecule has 0 saturated heterocycles. The number of rotatable bonds is 75. The van der Waals surface area contributed by atoms with Crippen LogP contribution in [0, 0.1) is 5.92 Å². The van der Waals surface area contributed by atoms with Crippen LogP contribution in [0.2, 0.25) is 0 Å². The number of hydrogen-bond donors (Lipinski definition) is 3. The minimum absolute atomic E-state index is 0.108. The van der Waals surface area contributed by atoms with E-state index in [1.807, 2.05) is 0 Å². The molecule has 0 bridgehead atoms. The monoisotopic (exact) mass is 1380 g/mol. The lowest BCUT2D eigenvalue weighted by Crippen LogP contribution is -2.30. The first-order chi connectivity index (χ1) is 45.5. The summed E-state index contributed by atoms with van der Waals surface area (Å²) in [6, 6.07) is 0. The molecule has 0 radical (unpaired) electrons. The molecule has 17 nitrogen and oxygen atoms in total. The van der Waals surface area contributed by atoms with Gasteiger partial charge in [0.05, 0.1) is 26.4 Å². The summed E-state index contributed by atoms with van der Waals surface area (Å²) in [5.41, 5.74) is 0. The Hall–Kier alpha value is -1.94. The maximum Gasteiger partial charge on any atom is 0.472 e. The van der Waals surface area contributed by atoms with Gasteiger partial charge in [-0.2, -0.15) is 0 Å². The standard InChI is InChI=1S/C75H146O17P2/c1-6-9-12-15-18-21-24-26-27-28-29-30-31-32-34-41-46-51-56-61-75(80)92-71(65-86-73(78)59-54-49-44-39-36-35-37-42-47-52-57-68(4)5)67-90-94(83,84)88-63-69(76)62-87-93(81,82)89-66-70(64-85-72(77)58-53-48-43-38-23-20-17-14-11-8-3)91-74(79)60-55-50-45-40-33-25-22-19-16-13-10-7-2/h68-71,76H,6-67H2,1-5H3,(H,81,82)(H,83,84)/t69-,70+,71+/m0/s1. The first-order valence-electron chi connectivity index (χ1n) is 39.1. The minimum atomic E-state index is -4.96. The van der Waals surface area contributed by atoms with Gasteiger partial charge in [0.2, 0.25) is 0 Å². The molecule has 0 aromatic carbocycles. The largest absolute Gasteiger partial charge is 0.472 e. The summed E-state index contributed by atoms with van der Waals surface area (Å²) in [6.45, 7) is 7.27. The van der Waals surface area contributed by atoms with Gasteiger partial charge in [-0.25, -0.2) is 9.13 Å². The molecule has 5 atom stereocenters. The molecule has 0 spiro atoms. The van der Waals surface area contributed by atoms with Crippen molar-refractivity contribution >= 4 is 39.5 Å². The van der Waals surface area contributed by atoms with E-state index >= 15 is 0 Å². The molecule has 0 heterocycles. The molecule has 0 aliphatic carbocycles. The van der Waals surface area contributed by atoms with Gasteiger partial charge in [0.1, 0.15) is 19.3 Å². The number of unbranched alkanes of at least 4 members (excludes halogenated alkanes) is 47. The van der Waals surface area contributed by atoms with E-state index in [-0.39, 0.29) is 25.7 Å². The third-order valence-corrected chi connectivity index (χ3v) is 19.4. The van der Waals surface area contributed by atoms with E-state index in [0.717, 1.165) is 95.8 Å². The van der Waals surface area contributed by atoms with Gasteiger partial charge in [-0.1, -0.05) is 343 Å². The third kappa shape index (κ3) is 68.6. The minimum Gasteiger partial charge on any atom is -0.462 e. The number of aliphatic hydroxyl groups is 1. The molecule has 19 heteroatoms. The lowest BCUT2D eigenvalue weighted by atomic mass is 10.0. The van der Waals surface area contributed by atoms with Gasteiger partial charge in [-0.3, -0.25) is 37.3 Å². The van der Waals surface area contributed by atoms with Crippen LogP contribution in [0.3, 0.4) is 0 Å². The Kier molecular flexibility index (Phi) is 66.8. The Labute approximate surface area is 575 Å². The van der Waals surface area contributed by atoms with Gasteiger partial charge in [0, 0.05) is 25.7 Å². The molecule has 0 aromatic heterocycles. The van der Waals surface area contributed by atoms with Crippen molar-refractivity contribution < 1.29 is 80.2 Å². The second kappa shape index (κ2) is 68.2. The molecule has 0 aliphatic rings. The van der Waals surface area contributed by atoms with Crippen LogP contribution in [0.4, 0.5) is 0 Å². The SMILES string of the molecule is CCCCCCCCCCCCCCCCCCCCCC(=O)O[C@H](COC(=O)CCCCCCCCCCCCC(C)C)COP(=O)(O)OC[C@@H](O)COP(=O)(O)OC[C@@H](COC(=O)CCCCCCCCCCCC)OC(=O)CCCCCCCCCCCCCC. The molecule has 0 fully saturated rings. The lowest BCUT2D eigenvalue weighted by Gasteiger charge is -2.21. The average Bonchev–Trinajstić information content (AvgIpc) is 1.85. The highest BCUT2D eigenvalue weighted by atomic mass is 31.2. The van der Waals surface area contributed by atoms with Gasteiger partial charge in [-0.15, -0.1) is 0 Å². The fourth-order valence-electron chi connectivity index (χ4n) is 11.5. The summed E-state index contributed by atoms with van der Waals surface area (Å²) >= 11 is 0. The van der Waals surface area contributed by atoms with Crippen molar-refractivity contribution in [1.29, 1.82) is 0 Å². The van der Waals surface area contributed by atoms with Gasteiger partial charge in [-0.05, 0) is 31.6 Å². The number of ether oxygens (including phenoxy) is 4. The van der Waals surface area contributed by atoms with Gasteiger partial charge < -0.3 is 33.8 Å². The van der Waals surface area contributed by atoms with Crippen LogP contribution in [0.15, 0.2) is 0 Å². The van der Waals surface area contributed by atoms with Gasteiger partial charge in [0.15, 0.2) is 12.2 Å². The van der Waals surface area contributed by atoms with E-state index < -0.39 is 97.5 Å². The van der Waals surface area contributed by atoms with E-state index in [9.17, 15) is 43.2 Å². The quantitative estimate of drug-likeness (QED) is 0.0222. The van der Waals surface area contributed by atoms with Crippen LogP contribution >= 0.6 is 15.6 Å². The van der Waals surface area contributed by atoms with Crippen molar-refractivity contribution in [2.24, 2.45) is 5.92 Å². The summed E-state index contributed by atoms with van der Waals surface area (Å²) in [5, 5.41) is 10.6. The van der Waals surface area contributed by atoms with Crippen molar-refractivity contribution in [3.05, 3.63) is 0 Å². The van der Waals surface area contributed by atoms with E-state index in [2.05, 4.69) is 34.6 Å². The van der Waals surface area contributed by atoms with Crippen molar-refractivity contribution in [3.8, 4) is 0 Å². The highest BCUT2D eigenvalue weighted by molar-refractivity contribution is 7.47. The fourth-order valence-corrected chi connectivity index (χ4v) is 13.1. The zero-order valence-corrected chi connectivity index (χ0v) is 62.9. The van der Waals surface area contributed by atoms with E-state index in [1.165, 1.54) is 218 Å². The second-order valence-electron chi connectivity index (χ2n) is 27.5. The molecule has 2 unspecified atom stereocenters. The van der Waals surface area contributed by atoms with E-state index in [0.29, 0.717) is 25.7 Å². The Balaban J connectivity index is 5.22. The zero-order chi connectivity index (χ0) is 69.1. The topological polar surface area (TPSA) is 237 Å². The molecule has 0 aromatic rings. The highest BCUT2D eigenvalue weighted by Gasteiger charge is 2.30. The number of esters is 4. The zero-order valence-electron chi connectivity index (χ0n) is 61.1. The smallest absolute Gasteiger partial charge is 0.462 e. The van der Waals surface area contributed by atoms with Crippen LogP contribution in [-0.2, 0) is 65.4 Å². The number of hydrogen-bond acceptors (Lipinski definition) is 15. The third-order valence-electron chi connectivity index (χ3n) is 17.5.